The zero-order valence-corrected chi connectivity index (χ0v) is 13.5. The molecule has 7 heteroatoms. The van der Waals surface area contributed by atoms with E-state index in [2.05, 4.69) is 5.32 Å². The lowest BCUT2D eigenvalue weighted by Crippen LogP contribution is -2.48. The van der Waals surface area contributed by atoms with Crippen molar-refractivity contribution in [3.63, 3.8) is 0 Å². The van der Waals surface area contributed by atoms with Gasteiger partial charge in [-0.2, -0.15) is 4.31 Å². The molecule has 0 radical (unpaired) electrons. The minimum Gasteiger partial charge on any atom is -0.324 e. The van der Waals surface area contributed by atoms with Crippen LogP contribution in [0.2, 0.25) is 5.02 Å². The predicted molar refractivity (Wildman–Crippen MR) is 81.4 cm³/mol. The fourth-order valence-corrected chi connectivity index (χ4v) is 3.26. The molecule has 0 aliphatic heterocycles. The van der Waals surface area contributed by atoms with Crippen LogP contribution in [0.5, 0.6) is 0 Å². The quantitative estimate of drug-likeness (QED) is 0.926. The lowest BCUT2D eigenvalue weighted by molar-refractivity contribution is -0.117. The van der Waals surface area contributed by atoms with Crippen molar-refractivity contribution in [2.24, 2.45) is 0 Å². The van der Waals surface area contributed by atoms with Gasteiger partial charge in [-0.25, -0.2) is 8.42 Å². The lowest BCUT2D eigenvalue weighted by atomic mass is 10.1. The molecule has 1 aromatic carbocycles. The summed E-state index contributed by atoms with van der Waals surface area (Å²) in [4.78, 5) is 12.0. The van der Waals surface area contributed by atoms with E-state index in [1.807, 2.05) is 0 Å². The van der Waals surface area contributed by atoms with E-state index in [1.165, 1.54) is 0 Å². The molecule has 1 rings (SSSR count). The van der Waals surface area contributed by atoms with Gasteiger partial charge < -0.3 is 5.32 Å². The molecule has 1 aromatic rings. The molecular weight excluding hydrogens is 300 g/mol. The number of para-hydroxylation sites is 1. The average molecular weight is 319 g/mol. The Bertz CT molecular complexity index is 594. The molecule has 0 unspecified atom stereocenters. The standard InChI is InChI=1S/C13H19ClN2O3S/c1-13(2,3)16(20(4,18)19)9-12(17)15-11-8-6-5-7-10(11)14/h5-8H,9H2,1-4H3,(H,15,17). The Morgan fingerprint density at radius 1 is 1.30 bits per heavy atom. The number of sulfonamides is 1. The van der Waals surface area contributed by atoms with Crippen LogP contribution in [0.4, 0.5) is 5.69 Å². The van der Waals surface area contributed by atoms with Crippen molar-refractivity contribution in [1.29, 1.82) is 0 Å². The van der Waals surface area contributed by atoms with Crippen molar-refractivity contribution >= 4 is 33.2 Å². The van der Waals surface area contributed by atoms with Gasteiger partial charge in [-0.15, -0.1) is 0 Å². The number of carbonyl (C=O) groups is 1. The van der Waals surface area contributed by atoms with E-state index < -0.39 is 21.5 Å². The van der Waals surface area contributed by atoms with Crippen LogP contribution in [0.1, 0.15) is 20.8 Å². The molecule has 112 valence electrons. The van der Waals surface area contributed by atoms with E-state index in [9.17, 15) is 13.2 Å². The van der Waals surface area contributed by atoms with Crippen LogP contribution in [-0.4, -0.2) is 37.0 Å². The maximum atomic E-state index is 12.0. The second-order valence-corrected chi connectivity index (χ2v) is 7.78. The smallest absolute Gasteiger partial charge is 0.239 e. The molecule has 1 amide bonds. The summed E-state index contributed by atoms with van der Waals surface area (Å²) in [5.74, 6) is -0.432. The number of anilines is 1. The first-order chi connectivity index (χ1) is 9.01. The number of nitrogens with one attached hydrogen (secondary N) is 1. The molecular formula is C13H19ClN2O3S. The number of nitrogens with zero attached hydrogens (tertiary/aromatic N) is 1. The Labute approximate surface area is 125 Å². The molecule has 0 saturated heterocycles. The molecule has 1 N–H and O–H groups in total. The van der Waals surface area contributed by atoms with Crippen LogP contribution in [0.15, 0.2) is 24.3 Å². The van der Waals surface area contributed by atoms with Gasteiger partial charge in [-0.3, -0.25) is 4.79 Å². The van der Waals surface area contributed by atoms with Crippen LogP contribution in [0.3, 0.4) is 0 Å². The van der Waals surface area contributed by atoms with Crippen molar-refractivity contribution in [3.8, 4) is 0 Å². The van der Waals surface area contributed by atoms with E-state index in [0.717, 1.165) is 10.6 Å². The van der Waals surface area contributed by atoms with E-state index in [-0.39, 0.29) is 6.54 Å². The lowest BCUT2D eigenvalue weighted by Gasteiger charge is -2.32. The van der Waals surface area contributed by atoms with Crippen LogP contribution in [0.25, 0.3) is 0 Å². The minimum atomic E-state index is -3.48. The predicted octanol–water partition coefficient (Wildman–Crippen LogP) is 2.34. The number of benzene rings is 1. The van der Waals surface area contributed by atoms with Gasteiger partial charge in [0, 0.05) is 5.54 Å². The van der Waals surface area contributed by atoms with Crippen molar-refractivity contribution in [1.82, 2.24) is 4.31 Å². The third-order valence-corrected chi connectivity index (χ3v) is 4.39. The second kappa shape index (κ2) is 6.11. The molecule has 0 aliphatic rings. The van der Waals surface area contributed by atoms with Gasteiger partial charge >= 0.3 is 0 Å². The molecule has 20 heavy (non-hydrogen) atoms. The molecule has 0 heterocycles. The van der Waals surface area contributed by atoms with Crippen molar-refractivity contribution in [3.05, 3.63) is 29.3 Å². The molecule has 0 saturated carbocycles. The third-order valence-electron chi connectivity index (χ3n) is 2.58. The van der Waals surface area contributed by atoms with E-state index in [4.69, 9.17) is 11.6 Å². The van der Waals surface area contributed by atoms with Gasteiger partial charge in [0.15, 0.2) is 0 Å². The van der Waals surface area contributed by atoms with Gasteiger partial charge in [0.2, 0.25) is 15.9 Å². The van der Waals surface area contributed by atoms with Gasteiger partial charge in [0.1, 0.15) is 0 Å². The number of carbonyl (C=O) groups excluding carboxylic acids is 1. The largest absolute Gasteiger partial charge is 0.324 e. The Morgan fingerprint density at radius 2 is 1.85 bits per heavy atom. The molecule has 0 bridgehead atoms. The first kappa shape index (κ1) is 16.9. The van der Waals surface area contributed by atoms with Gasteiger partial charge in [-0.05, 0) is 32.9 Å². The molecule has 0 aromatic heterocycles. The zero-order chi connectivity index (χ0) is 15.6. The van der Waals surface area contributed by atoms with Crippen molar-refractivity contribution in [2.45, 2.75) is 26.3 Å². The summed E-state index contributed by atoms with van der Waals surface area (Å²) < 4.78 is 24.7. The topological polar surface area (TPSA) is 66.5 Å². The summed E-state index contributed by atoms with van der Waals surface area (Å²) in [5, 5.41) is 3.01. The first-order valence-electron chi connectivity index (χ1n) is 6.04. The van der Waals surface area contributed by atoms with E-state index >= 15 is 0 Å². The highest BCUT2D eigenvalue weighted by molar-refractivity contribution is 7.88. The third kappa shape index (κ3) is 4.77. The fraction of sp³-hybridized carbons (Fsp3) is 0.462. The number of rotatable bonds is 4. The van der Waals surface area contributed by atoms with E-state index in [0.29, 0.717) is 10.7 Å². The number of halogens is 1. The highest BCUT2D eigenvalue weighted by atomic mass is 35.5. The Kier molecular flexibility index (Phi) is 5.18. The molecule has 0 aliphatic carbocycles. The summed E-state index contributed by atoms with van der Waals surface area (Å²) in [6.07, 6.45) is 1.08. The Hall–Kier alpha value is -1.11. The monoisotopic (exact) mass is 318 g/mol. The van der Waals surface area contributed by atoms with Crippen LogP contribution >= 0.6 is 11.6 Å². The summed E-state index contributed by atoms with van der Waals surface area (Å²) in [5.41, 5.74) is -0.215. The normalized spacial score (nSPS) is 12.5. The summed E-state index contributed by atoms with van der Waals surface area (Å²) in [6, 6.07) is 6.78. The van der Waals surface area contributed by atoms with Crippen LogP contribution in [-0.2, 0) is 14.8 Å². The molecule has 0 spiro atoms. The van der Waals surface area contributed by atoms with Gasteiger partial charge in [0.05, 0.1) is 23.5 Å². The van der Waals surface area contributed by atoms with E-state index in [1.54, 1.807) is 45.0 Å². The molecule has 0 fully saturated rings. The molecule has 5 nitrogen and oxygen atoms in total. The van der Waals surface area contributed by atoms with Gasteiger partial charge in [0.25, 0.3) is 0 Å². The highest BCUT2D eigenvalue weighted by Crippen LogP contribution is 2.21. The fourth-order valence-electron chi connectivity index (χ4n) is 1.73. The van der Waals surface area contributed by atoms with Crippen LogP contribution in [0, 0.1) is 0 Å². The Balaban J connectivity index is 2.86. The minimum absolute atomic E-state index is 0.256. The summed E-state index contributed by atoms with van der Waals surface area (Å²) in [7, 11) is -3.48. The van der Waals surface area contributed by atoms with Crippen molar-refractivity contribution in [2.75, 3.05) is 18.1 Å². The highest BCUT2D eigenvalue weighted by Gasteiger charge is 2.31. The van der Waals surface area contributed by atoms with Gasteiger partial charge in [-0.1, -0.05) is 23.7 Å². The summed E-state index contributed by atoms with van der Waals surface area (Å²) in [6.45, 7) is 4.94. The number of hydrogen-bond acceptors (Lipinski definition) is 3. The number of hydrogen-bond donors (Lipinski definition) is 1. The maximum Gasteiger partial charge on any atom is 0.239 e. The van der Waals surface area contributed by atoms with Crippen molar-refractivity contribution < 1.29 is 13.2 Å². The second-order valence-electron chi connectivity index (χ2n) is 5.47. The average Bonchev–Trinajstić information content (AvgIpc) is 2.26. The van der Waals surface area contributed by atoms with Crippen LogP contribution < -0.4 is 5.32 Å². The molecule has 0 atom stereocenters. The maximum absolute atomic E-state index is 12.0. The Morgan fingerprint density at radius 3 is 2.30 bits per heavy atom. The number of amides is 1. The SMILES string of the molecule is CC(C)(C)N(CC(=O)Nc1ccccc1Cl)S(C)(=O)=O. The zero-order valence-electron chi connectivity index (χ0n) is 12.0. The first-order valence-corrected chi connectivity index (χ1v) is 8.26. The summed E-state index contributed by atoms with van der Waals surface area (Å²) >= 11 is 5.94.